The number of fused-ring (bicyclic) bond motifs is 1. The van der Waals surface area contributed by atoms with Gasteiger partial charge in [0, 0.05) is 24.3 Å². The van der Waals surface area contributed by atoms with Crippen LogP contribution in [0.15, 0.2) is 36.4 Å². The molecule has 0 saturated carbocycles. The smallest absolute Gasteiger partial charge is 0.258 e. The van der Waals surface area contributed by atoms with Crippen LogP contribution in [0.2, 0.25) is 0 Å². The van der Waals surface area contributed by atoms with Crippen molar-refractivity contribution in [2.75, 3.05) is 17.2 Å². The zero-order chi connectivity index (χ0) is 17.8. The van der Waals surface area contributed by atoms with Crippen LogP contribution in [0.1, 0.15) is 34.8 Å². The van der Waals surface area contributed by atoms with E-state index in [1.165, 1.54) is 12.1 Å². The Morgan fingerprint density at radius 2 is 2.08 bits per heavy atom. The quantitative estimate of drug-likeness (QED) is 0.783. The Morgan fingerprint density at radius 1 is 1.24 bits per heavy atom. The zero-order valence-electron chi connectivity index (χ0n) is 14.0. The summed E-state index contributed by atoms with van der Waals surface area (Å²) < 4.78 is 14.3. The third-order valence-corrected chi connectivity index (χ3v) is 4.10. The van der Waals surface area contributed by atoms with Gasteiger partial charge in [0.25, 0.3) is 5.91 Å². The molecule has 0 fully saturated rings. The van der Waals surface area contributed by atoms with Crippen molar-refractivity contribution in [3.05, 3.63) is 58.9 Å². The highest BCUT2D eigenvalue weighted by atomic mass is 19.1. The molecule has 0 aliphatic carbocycles. The third-order valence-electron chi connectivity index (χ3n) is 4.10. The van der Waals surface area contributed by atoms with Gasteiger partial charge < -0.3 is 16.0 Å². The molecule has 1 aliphatic heterocycles. The lowest BCUT2D eigenvalue weighted by atomic mass is 9.99. The Balaban J connectivity index is 1.78. The van der Waals surface area contributed by atoms with Gasteiger partial charge in [-0.1, -0.05) is 19.1 Å². The van der Waals surface area contributed by atoms with E-state index in [0.29, 0.717) is 30.8 Å². The van der Waals surface area contributed by atoms with Crippen LogP contribution in [0.4, 0.5) is 15.8 Å². The van der Waals surface area contributed by atoms with Crippen molar-refractivity contribution < 1.29 is 14.0 Å². The number of hydrogen-bond donors (Lipinski definition) is 3. The highest BCUT2D eigenvalue weighted by Gasteiger charge is 2.20. The van der Waals surface area contributed by atoms with Gasteiger partial charge in [-0.2, -0.15) is 0 Å². The number of benzene rings is 2. The number of hydrogen-bond acceptors (Lipinski definition) is 3. The Bertz CT molecular complexity index is 820. The van der Waals surface area contributed by atoms with Crippen LogP contribution in [0.3, 0.4) is 0 Å². The molecule has 6 heteroatoms. The third kappa shape index (κ3) is 4.03. The van der Waals surface area contributed by atoms with Gasteiger partial charge in [-0.15, -0.1) is 0 Å². The van der Waals surface area contributed by atoms with E-state index in [4.69, 9.17) is 0 Å². The van der Waals surface area contributed by atoms with Gasteiger partial charge in [0.15, 0.2) is 0 Å². The molecule has 0 saturated heterocycles. The minimum absolute atomic E-state index is 0.0213. The van der Waals surface area contributed by atoms with E-state index in [2.05, 4.69) is 16.0 Å². The van der Waals surface area contributed by atoms with E-state index >= 15 is 0 Å². The average molecular weight is 341 g/mol. The molecule has 3 N–H and O–H groups in total. The predicted octanol–water partition coefficient (Wildman–Crippen LogP) is 3.07. The highest BCUT2D eigenvalue weighted by Crippen LogP contribution is 2.26. The second kappa shape index (κ2) is 7.44. The van der Waals surface area contributed by atoms with E-state index < -0.39 is 11.7 Å². The molecular formula is C19H20FN3O2. The van der Waals surface area contributed by atoms with Gasteiger partial charge in [-0.25, -0.2) is 4.39 Å². The molecule has 0 bridgehead atoms. The lowest BCUT2D eigenvalue weighted by molar-refractivity contribution is -0.116. The second-order valence-corrected chi connectivity index (χ2v) is 5.97. The Hall–Kier alpha value is -2.73. The molecule has 25 heavy (non-hydrogen) atoms. The number of rotatable bonds is 5. The van der Waals surface area contributed by atoms with Gasteiger partial charge in [0.1, 0.15) is 5.82 Å². The highest BCUT2D eigenvalue weighted by molar-refractivity contribution is 6.05. The topological polar surface area (TPSA) is 70.2 Å². The van der Waals surface area contributed by atoms with Gasteiger partial charge in [-0.3, -0.25) is 9.59 Å². The first-order valence-corrected chi connectivity index (χ1v) is 8.30. The zero-order valence-corrected chi connectivity index (χ0v) is 14.0. The van der Waals surface area contributed by atoms with Crippen molar-refractivity contribution in [1.29, 1.82) is 0 Å². The number of anilines is 2. The number of nitrogens with one attached hydrogen (secondary N) is 3. The fourth-order valence-corrected chi connectivity index (χ4v) is 2.80. The van der Waals surface area contributed by atoms with Crippen LogP contribution in [0.5, 0.6) is 0 Å². The maximum Gasteiger partial charge on any atom is 0.258 e. The first-order valence-electron chi connectivity index (χ1n) is 8.30. The number of carbonyl (C=O) groups excluding carboxylic acids is 2. The van der Waals surface area contributed by atoms with Crippen LogP contribution < -0.4 is 16.0 Å². The molecule has 1 heterocycles. The van der Waals surface area contributed by atoms with E-state index in [1.807, 2.05) is 25.1 Å². The molecule has 130 valence electrons. The van der Waals surface area contributed by atoms with E-state index in [1.54, 1.807) is 6.07 Å². The molecule has 0 aromatic heterocycles. The number of amides is 2. The Kier molecular flexibility index (Phi) is 5.09. The van der Waals surface area contributed by atoms with E-state index in [-0.39, 0.29) is 11.5 Å². The van der Waals surface area contributed by atoms with Gasteiger partial charge in [0.05, 0.1) is 5.56 Å². The van der Waals surface area contributed by atoms with Crippen molar-refractivity contribution in [2.45, 2.75) is 26.3 Å². The molecule has 3 rings (SSSR count). The maximum absolute atomic E-state index is 14.3. The van der Waals surface area contributed by atoms with Crippen LogP contribution >= 0.6 is 0 Å². The summed E-state index contributed by atoms with van der Waals surface area (Å²) in [6.07, 6.45) is 0.839. The summed E-state index contributed by atoms with van der Waals surface area (Å²) in [7, 11) is 0. The molecule has 0 unspecified atom stereocenters. The van der Waals surface area contributed by atoms with Crippen molar-refractivity contribution in [2.24, 2.45) is 0 Å². The molecule has 1 aliphatic rings. The molecule has 2 amide bonds. The van der Waals surface area contributed by atoms with Crippen LogP contribution in [-0.4, -0.2) is 18.4 Å². The number of carbonyl (C=O) groups is 2. The molecule has 0 atom stereocenters. The van der Waals surface area contributed by atoms with Crippen molar-refractivity contribution in [1.82, 2.24) is 5.32 Å². The molecule has 5 nitrogen and oxygen atoms in total. The average Bonchev–Trinajstić information content (AvgIpc) is 2.59. The van der Waals surface area contributed by atoms with Gasteiger partial charge in [-0.05, 0) is 48.4 Å². The lowest BCUT2D eigenvalue weighted by Crippen LogP contribution is -2.21. The summed E-state index contributed by atoms with van der Waals surface area (Å²) in [5.74, 6) is -1.29. The summed E-state index contributed by atoms with van der Waals surface area (Å²) in [5.41, 5.74) is 2.84. The van der Waals surface area contributed by atoms with Crippen molar-refractivity contribution >= 4 is 23.2 Å². The van der Waals surface area contributed by atoms with E-state index in [9.17, 15) is 14.0 Å². The fourth-order valence-electron chi connectivity index (χ4n) is 2.80. The second-order valence-electron chi connectivity index (χ2n) is 5.97. The van der Waals surface area contributed by atoms with Gasteiger partial charge >= 0.3 is 0 Å². The first-order chi connectivity index (χ1) is 12.1. The monoisotopic (exact) mass is 341 g/mol. The maximum atomic E-state index is 14.3. The van der Waals surface area contributed by atoms with Crippen LogP contribution in [0, 0.1) is 5.82 Å². The van der Waals surface area contributed by atoms with Gasteiger partial charge in [0.2, 0.25) is 5.91 Å². The summed E-state index contributed by atoms with van der Waals surface area (Å²) in [6.45, 7) is 3.58. The summed E-state index contributed by atoms with van der Waals surface area (Å²) in [5, 5.41) is 8.58. The number of aryl methyl sites for hydroxylation is 1. The minimum Gasteiger partial charge on any atom is -0.326 e. The fraction of sp³-hybridized carbons (Fsp3) is 0.263. The molecule has 0 radical (unpaired) electrons. The normalized spacial score (nSPS) is 13.1. The predicted molar refractivity (Wildman–Crippen MR) is 95.1 cm³/mol. The molecular weight excluding hydrogens is 321 g/mol. The largest absolute Gasteiger partial charge is 0.326 e. The lowest BCUT2D eigenvalue weighted by Gasteiger charge is -2.18. The molecule has 2 aromatic rings. The standard InChI is InChI=1S/C19H20FN3O2/c1-2-21-11-12-4-3-5-14(8-12)22-19(25)15-9-13-6-7-18(24)23-17(13)10-16(15)20/h3-5,8-10,21H,2,6-7,11H2,1H3,(H,22,25)(H,23,24). The van der Waals surface area contributed by atoms with Crippen molar-refractivity contribution in [3.8, 4) is 0 Å². The number of halogens is 1. The molecule has 2 aromatic carbocycles. The Labute approximate surface area is 145 Å². The molecule has 0 spiro atoms. The summed E-state index contributed by atoms with van der Waals surface area (Å²) in [4.78, 5) is 23.8. The van der Waals surface area contributed by atoms with Crippen molar-refractivity contribution in [3.63, 3.8) is 0 Å². The van der Waals surface area contributed by atoms with E-state index in [0.717, 1.165) is 17.7 Å². The van der Waals surface area contributed by atoms with Crippen LogP contribution in [0.25, 0.3) is 0 Å². The van der Waals surface area contributed by atoms with Crippen LogP contribution in [-0.2, 0) is 17.8 Å². The summed E-state index contributed by atoms with van der Waals surface area (Å²) in [6, 6.07) is 10.2. The summed E-state index contributed by atoms with van der Waals surface area (Å²) >= 11 is 0. The Morgan fingerprint density at radius 3 is 2.88 bits per heavy atom. The minimum atomic E-state index is -0.651. The first kappa shape index (κ1) is 17.1. The SMILES string of the molecule is CCNCc1cccc(NC(=O)c2cc3c(cc2F)NC(=O)CC3)c1.